The number of amides is 1. The standard InChI is InChI=1S/C17H22N6O2S/c1-17(2,3)12-9-13(23(5)21-12)18-14(24)10-26-16-20-19-15(22(16)4)11-7-6-8-25-11/h6-9H,10H2,1-5H3,(H,18,24). The van der Waals surface area contributed by atoms with Gasteiger partial charge in [0, 0.05) is 25.6 Å². The molecule has 1 N–H and O–H groups in total. The van der Waals surface area contributed by atoms with E-state index in [0.717, 1.165) is 5.69 Å². The molecule has 0 radical (unpaired) electrons. The molecule has 0 fully saturated rings. The van der Waals surface area contributed by atoms with Crippen LogP contribution in [-0.2, 0) is 24.3 Å². The molecule has 9 heteroatoms. The summed E-state index contributed by atoms with van der Waals surface area (Å²) >= 11 is 1.32. The lowest BCUT2D eigenvalue weighted by Crippen LogP contribution is -2.16. The second-order valence-electron chi connectivity index (χ2n) is 6.97. The molecule has 0 aromatic carbocycles. The van der Waals surface area contributed by atoms with E-state index < -0.39 is 0 Å². The Labute approximate surface area is 156 Å². The second kappa shape index (κ2) is 6.99. The highest BCUT2D eigenvalue weighted by molar-refractivity contribution is 7.99. The van der Waals surface area contributed by atoms with Crippen LogP contribution in [0.25, 0.3) is 11.6 Å². The fourth-order valence-corrected chi connectivity index (χ4v) is 3.03. The van der Waals surface area contributed by atoms with Crippen LogP contribution in [-0.4, -0.2) is 36.2 Å². The lowest BCUT2D eigenvalue weighted by molar-refractivity contribution is -0.113. The summed E-state index contributed by atoms with van der Waals surface area (Å²) < 4.78 is 8.82. The van der Waals surface area contributed by atoms with Crippen molar-refractivity contribution in [2.45, 2.75) is 31.3 Å². The van der Waals surface area contributed by atoms with E-state index in [9.17, 15) is 4.79 Å². The third-order valence-corrected chi connectivity index (χ3v) is 4.84. The first kappa shape index (κ1) is 18.2. The molecule has 0 saturated heterocycles. The maximum absolute atomic E-state index is 12.3. The Balaban J connectivity index is 1.63. The zero-order valence-electron chi connectivity index (χ0n) is 15.5. The maximum atomic E-state index is 12.3. The summed E-state index contributed by atoms with van der Waals surface area (Å²) in [6.07, 6.45) is 1.59. The zero-order valence-corrected chi connectivity index (χ0v) is 16.3. The normalized spacial score (nSPS) is 11.7. The first-order valence-corrected chi connectivity index (χ1v) is 9.14. The number of furan rings is 1. The fourth-order valence-electron chi connectivity index (χ4n) is 2.32. The van der Waals surface area contributed by atoms with Gasteiger partial charge in [0.2, 0.25) is 5.91 Å². The minimum atomic E-state index is -0.124. The van der Waals surface area contributed by atoms with E-state index >= 15 is 0 Å². The monoisotopic (exact) mass is 374 g/mol. The molecule has 0 bridgehead atoms. The van der Waals surface area contributed by atoms with Crippen molar-refractivity contribution in [2.24, 2.45) is 14.1 Å². The van der Waals surface area contributed by atoms with Crippen molar-refractivity contribution in [3.8, 4) is 11.6 Å². The van der Waals surface area contributed by atoms with E-state index in [1.807, 2.05) is 26.2 Å². The summed E-state index contributed by atoms with van der Waals surface area (Å²) in [5.41, 5.74) is 0.857. The van der Waals surface area contributed by atoms with Gasteiger partial charge in [0.15, 0.2) is 16.7 Å². The largest absolute Gasteiger partial charge is 0.461 e. The third kappa shape index (κ3) is 3.82. The van der Waals surface area contributed by atoms with Gasteiger partial charge in [-0.15, -0.1) is 10.2 Å². The quantitative estimate of drug-likeness (QED) is 0.691. The Bertz CT molecular complexity index is 904. The molecule has 3 aromatic heterocycles. The lowest BCUT2D eigenvalue weighted by atomic mass is 9.92. The number of hydrogen-bond donors (Lipinski definition) is 1. The third-order valence-electron chi connectivity index (χ3n) is 3.82. The smallest absolute Gasteiger partial charge is 0.235 e. The summed E-state index contributed by atoms with van der Waals surface area (Å²) in [6.45, 7) is 6.25. The topological polar surface area (TPSA) is 90.8 Å². The van der Waals surface area contributed by atoms with Crippen LogP contribution in [0.4, 0.5) is 5.82 Å². The van der Waals surface area contributed by atoms with Crippen LogP contribution in [0.2, 0.25) is 0 Å². The zero-order chi connectivity index (χ0) is 18.9. The predicted octanol–water partition coefficient (Wildman–Crippen LogP) is 2.84. The Morgan fingerprint density at radius 1 is 1.31 bits per heavy atom. The van der Waals surface area contributed by atoms with Gasteiger partial charge >= 0.3 is 0 Å². The van der Waals surface area contributed by atoms with Gasteiger partial charge < -0.3 is 14.3 Å². The second-order valence-corrected chi connectivity index (χ2v) is 7.91. The molecule has 8 nitrogen and oxygen atoms in total. The molecular formula is C17H22N6O2S. The number of aryl methyl sites for hydroxylation is 1. The van der Waals surface area contributed by atoms with E-state index in [-0.39, 0.29) is 17.1 Å². The molecule has 0 saturated carbocycles. The number of thioether (sulfide) groups is 1. The van der Waals surface area contributed by atoms with Crippen molar-refractivity contribution in [3.63, 3.8) is 0 Å². The van der Waals surface area contributed by atoms with Crippen molar-refractivity contribution in [2.75, 3.05) is 11.1 Å². The number of aromatic nitrogens is 5. The average Bonchev–Trinajstić information content (AvgIpc) is 3.26. The minimum Gasteiger partial charge on any atom is -0.461 e. The van der Waals surface area contributed by atoms with Crippen LogP contribution in [0, 0.1) is 0 Å². The molecule has 0 unspecified atom stereocenters. The van der Waals surface area contributed by atoms with E-state index in [2.05, 4.69) is 41.4 Å². The van der Waals surface area contributed by atoms with Gasteiger partial charge in [0.1, 0.15) is 5.82 Å². The van der Waals surface area contributed by atoms with Gasteiger partial charge in [-0.2, -0.15) is 5.10 Å². The number of nitrogens with one attached hydrogen (secondary N) is 1. The van der Waals surface area contributed by atoms with Crippen LogP contribution in [0.15, 0.2) is 34.0 Å². The Hall–Kier alpha value is -2.55. The van der Waals surface area contributed by atoms with Gasteiger partial charge in [-0.1, -0.05) is 32.5 Å². The first-order valence-electron chi connectivity index (χ1n) is 8.16. The maximum Gasteiger partial charge on any atom is 0.235 e. The summed E-state index contributed by atoms with van der Waals surface area (Å²) in [6, 6.07) is 5.52. The Morgan fingerprint density at radius 3 is 2.69 bits per heavy atom. The highest BCUT2D eigenvalue weighted by atomic mass is 32.2. The van der Waals surface area contributed by atoms with Gasteiger partial charge in [-0.05, 0) is 12.1 Å². The summed E-state index contributed by atoms with van der Waals surface area (Å²) in [4.78, 5) is 12.3. The summed E-state index contributed by atoms with van der Waals surface area (Å²) in [5, 5.41) is 16.2. The number of rotatable bonds is 5. The van der Waals surface area contributed by atoms with E-state index in [1.54, 1.807) is 21.6 Å². The van der Waals surface area contributed by atoms with Gasteiger partial charge in [0.05, 0.1) is 17.7 Å². The molecule has 0 aliphatic heterocycles. The summed E-state index contributed by atoms with van der Waals surface area (Å²) in [5.74, 6) is 2.04. The van der Waals surface area contributed by atoms with E-state index in [0.29, 0.717) is 22.6 Å². The van der Waals surface area contributed by atoms with Crippen molar-refractivity contribution in [3.05, 3.63) is 30.2 Å². The first-order chi connectivity index (χ1) is 12.3. The molecule has 3 aromatic rings. The number of carbonyl (C=O) groups excluding carboxylic acids is 1. The molecule has 1 amide bonds. The van der Waals surface area contributed by atoms with Crippen LogP contribution in [0.3, 0.4) is 0 Å². The molecule has 3 rings (SSSR count). The fraction of sp³-hybridized carbons (Fsp3) is 0.412. The molecule has 0 spiro atoms. The Kier molecular flexibility index (Phi) is 4.90. The van der Waals surface area contributed by atoms with Crippen molar-refractivity contribution < 1.29 is 9.21 Å². The molecule has 0 aliphatic rings. The number of carbonyl (C=O) groups is 1. The van der Waals surface area contributed by atoms with Crippen LogP contribution in [0.1, 0.15) is 26.5 Å². The Morgan fingerprint density at radius 2 is 2.08 bits per heavy atom. The molecular weight excluding hydrogens is 352 g/mol. The minimum absolute atomic E-state index is 0.0730. The average molecular weight is 374 g/mol. The number of hydrogen-bond acceptors (Lipinski definition) is 6. The van der Waals surface area contributed by atoms with Crippen LogP contribution >= 0.6 is 11.8 Å². The summed E-state index contributed by atoms with van der Waals surface area (Å²) in [7, 11) is 3.66. The van der Waals surface area contributed by atoms with E-state index in [1.165, 1.54) is 11.8 Å². The highest BCUT2D eigenvalue weighted by Gasteiger charge is 2.20. The molecule has 0 atom stereocenters. The molecule has 0 aliphatic carbocycles. The van der Waals surface area contributed by atoms with Gasteiger partial charge in [-0.3, -0.25) is 9.48 Å². The van der Waals surface area contributed by atoms with Crippen molar-refractivity contribution in [1.29, 1.82) is 0 Å². The van der Waals surface area contributed by atoms with Gasteiger partial charge in [-0.25, -0.2) is 0 Å². The highest BCUT2D eigenvalue weighted by Crippen LogP contribution is 2.25. The van der Waals surface area contributed by atoms with Crippen LogP contribution in [0.5, 0.6) is 0 Å². The number of anilines is 1. The lowest BCUT2D eigenvalue weighted by Gasteiger charge is -2.13. The molecule has 3 heterocycles. The number of nitrogens with zero attached hydrogens (tertiary/aromatic N) is 5. The van der Waals surface area contributed by atoms with Gasteiger partial charge in [0.25, 0.3) is 0 Å². The van der Waals surface area contributed by atoms with Crippen molar-refractivity contribution >= 4 is 23.5 Å². The molecule has 138 valence electrons. The van der Waals surface area contributed by atoms with Crippen LogP contribution < -0.4 is 5.32 Å². The van der Waals surface area contributed by atoms with E-state index in [4.69, 9.17) is 4.42 Å². The van der Waals surface area contributed by atoms with Crippen molar-refractivity contribution in [1.82, 2.24) is 24.5 Å². The molecule has 26 heavy (non-hydrogen) atoms. The SMILES string of the molecule is Cn1nc(C(C)(C)C)cc1NC(=O)CSc1nnc(-c2ccco2)n1C. The predicted molar refractivity (Wildman–Crippen MR) is 100.0 cm³/mol.